The number of hydrogen-bond donors (Lipinski definition) is 1. The van der Waals surface area contributed by atoms with Crippen LogP contribution in [0, 0.1) is 0 Å². The first kappa shape index (κ1) is 12.8. The molecule has 16 heavy (non-hydrogen) atoms. The van der Waals surface area contributed by atoms with Gasteiger partial charge in [0.1, 0.15) is 4.34 Å². The zero-order valence-corrected chi connectivity index (χ0v) is 12.1. The van der Waals surface area contributed by atoms with Crippen molar-refractivity contribution in [1.82, 2.24) is 0 Å². The number of halogens is 2. The van der Waals surface area contributed by atoms with E-state index in [0.717, 1.165) is 33.1 Å². The van der Waals surface area contributed by atoms with Crippen molar-refractivity contribution in [3.05, 3.63) is 19.8 Å². The molecule has 0 aromatic carbocycles. The molecule has 2 rings (SSSR count). The van der Waals surface area contributed by atoms with Gasteiger partial charge in [-0.3, -0.25) is 0 Å². The molecule has 2 heterocycles. The minimum Gasteiger partial charge on any atom is -0.378 e. The molecular weight excluding hydrogens is 310 g/mol. The maximum atomic E-state index is 6.13. The fraction of sp³-hybridized carbons (Fsp3) is 0.636. The third kappa shape index (κ3) is 3.20. The summed E-state index contributed by atoms with van der Waals surface area (Å²) in [5.41, 5.74) is 6.13. The van der Waals surface area contributed by atoms with Gasteiger partial charge in [0, 0.05) is 22.0 Å². The van der Waals surface area contributed by atoms with Crippen LogP contribution in [0.2, 0.25) is 4.34 Å². The average molecular weight is 325 g/mol. The van der Waals surface area contributed by atoms with E-state index in [0.29, 0.717) is 6.10 Å². The minimum absolute atomic E-state index is 0.0815. The quantitative estimate of drug-likeness (QED) is 0.904. The summed E-state index contributed by atoms with van der Waals surface area (Å²) in [6.07, 6.45) is 4.81. The molecule has 1 aromatic rings. The lowest BCUT2D eigenvalue weighted by atomic mass is 10.1. The monoisotopic (exact) mass is 323 g/mol. The third-order valence-electron chi connectivity index (χ3n) is 2.85. The molecule has 1 aliphatic heterocycles. The van der Waals surface area contributed by atoms with E-state index in [1.807, 2.05) is 6.07 Å². The van der Waals surface area contributed by atoms with Crippen molar-refractivity contribution >= 4 is 38.9 Å². The van der Waals surface area contributed by atoms with Gasteiger partial charge in [0.2, 0.25) is 0 Å². The number of ether oxygens (including phenoxy) is 1. The predicted octanol–water partition coefficient (Wildman–Crippen LogP) is 4.12. The van der Waals surface area contributed by atoms with E-state index in [2.05, 4.69) is 15.9 Å². The van der Waals surface area contributed by atoms with Crippen molar-refractivity contribution in [2.24, 2.45) is 5.73 Å². The molecule has 1 aromatic heterocycles. The molecule has 1 aliphatic rings. The number of nitrogens with two attached hydrogens (primary N) is 1. The second kappa shape index (κ2) is 5.83. The first-order valence-corrected chi connectivity index (χ1v) is 7.47. The van der Waals surface area contributed by atoms with E-state index in [4.69, 9.17) is 22.1 Å². The summed E-state index contributed by atoms with van der Waals surface area (Å²) in [4.78, 5) is 1.15. The molecule has 0 radical (unpaired) electrons. The normalized spacial score (nSPS) is 22.6. The van der Waals surface area contributed by atoms with Crippen LogP contribution in [0.1, 0.15) is 36.6 Å². The molecule has 0 saturated carbocycles. The van der Waals surface area contributed by atoms with Crippen LogP contribution < -0.4 is 5.73 Å². The molecule has 1 fully saturated rings. The Labute approximate surface area is 113 Å². The van der Waals surface area contributed by atoms with Crippen molar-refractivity contribution in [3.8, 4) is 0 Å². The fourth-order valence-corrected chi connectivity index (χ4v) is 3.70. The molecule has 0 spiro atoms. The summed E-state index contributed by atoms with van der Waals surface area (Å²) < 4.78 is 7.31. The van der Waals surface area contributed by atoms with Crippen LogP contribution >= 0.6 is 38.9 Å². The lowest BCUT2D eigenvalue weighted by Gasteiger charge is -2.13. The molecule has 1 saturated heterocycles. The Morgan fingerprint density at radius 3 is 3.06 bits per heavy atom. The minimum atomic E-state index is 0.0815. The molecule has 2 unspecified atom stereocenters. The van der Waals surface area contributed by atoms with Crippen molar-refractivity contribution in [2.45, 2.75) is 37.8 Å². The number of rotatable bonds is 4. The maximum Gasteiger partial charge on any atom is 0.107 e. The van der Waals surface area contributed by atoms with Crippen LogP contribution in [0.25, 0.3) is 0 Å². The molecule has 0 aliphatic carbocycles. The topological polar surface area (TPSA) is 35.2 Å². The molecule has 0 bridgehead atoms. The van der Waals surface area contributed by atoms with E-state index >= 15 is 0 Å². The highest BCUT2D eigenvalue weighted by Crippen LogP contribution is 2.36. The van der Waals surface area contributed by atoms with Crippen molar-refractivity contribution in [1.29, 1.82) is 0 Å². The van der Waals surface area contributed by atoms with Crippen LogP contribution in [-0.4, -0.2) is 12.7 Å². The van der Waals surface area contributed by atoms with Gasteiger partial charge in [-0.25, -0.2) is 0 Å². The fourth-order valence-electron chi connectivity index (χ4n) is 1.93. The SMILES string of the molecule is NC(CCC1CCCO1)c1cc(Br)c(Cl)s1. The lowest BCUT2D eigenvalue weighted by molar-refractivity contribution is 0.101. The molecule has 90 valence electrons. The van der Waals surface area contributed by atoms with Crippen LogP contribution in [0.15, 0.2) is 10.5 Å². The van der Waals surface area contributed by atoms with Gasteiger partial charge in [0.05, 0.1) is 6.10 Å². The molecule has 2 atom stereocenters. The Hall–Kier alpha value is 0.390. The molecule has 2 N–H and O–H groups in total. The van der Waals surface area contributed by atoms with Crippen LogP contribution in [-0.2, 0) is 4.74 Å². The predicted molar refractivity (Wildman–Crippen MR) is 72.2 cm³/mol. The van der Waals surface area contributed by atoms with Gasteiger partial charge < -0.3 is 10.5 Å². The number of hydrogen-bond acceptors (Lipinski definition) is 3. The van der Waals surface area contributed by atoms with Gasteiger partial charge in [-0.2, -0.15) is 0 Å². The Balaban J connectivity index is 1.84. The molecule has 2 nitrogen and oxygen atoms in total. The van der Waals surface area contributed by atoms with Gasteiger partial charge in [-0.1, -0.05) is 11.6 Å². The third-order valence-corrected chi connectivity index (χ3v) is 5.46. The molecular formula is C11H15BrClNOS. The van der Waals surface area contributed by atoms with Gasteiger partial charge in [-0.15, -0.1) is 11.3 Å². The lowest BCUT2D eigenvalue weighted by Crippen LogP contribution is -2.13. The van der Waals surface area contributed by atoms with Crippen molar-refractivity contribution in [3.63, 3.8) is 0 Å². The highest BCUT2D eigenvalue weighted by atomic mass is 79.9. The highest BCUT2D eigenvalue weighted by molar-refractivity contribution is 9.10. The van der Waals surface area contributed by atoms with E-state index < -0.39 is 0 Å². The molecule has 5 heteroatoms. The highest BCUT2D eigenvalue weighted by Gasteiger charge is 2.18. The van der Waals surface area contributed by atoms with E-state index in [1.165, 1.54) is 12.8 Å². The summed E-state index contributed by atoms with van der Waals surface area (Å²) in [7, 11) is 0. The Bertz CT molecular complexity index is 332. The standard InChI is InChI=1S/C11H15BrClNOS/c12-8-6-10(16-11(8)13)9(14)4-3-7-2-1-5-15-7/h6-7,9H,1-5,14H2. The van der Waals surface area contributed by atoms with Gasteiger partial charge >= 0.3 is 0 Å². The van der Waals surface area contributed by atoms with E-state index in [9.17, 15) is 0 Å². The van der Waals surface area contributed by atoms with Crippen molar-refractivity contribution in [2.75, 3.05) is 6.61 Å². The first-order valence-electron chi connectivity index (χ1n) is 5.48. The van der Waals surface area contributed by atoms with E-state index in [-0.39, 0.29) is 6.04 Å². The zero-order chi connectivity index (χ0) is 11.5. The zero-order valence-electron chi connectivity index (χ0n) is 8.92. The second-order valence-electron chi connectivity index (χ2n) is 4.09. The van der Waals surface area contributed by atoms with Gasteiger partial charge in [-0.05, 0) is 47.7 Å². The maximum absolute atomic E-state index is 6.13. The first-order chi connectivity index (χ1) is 7.66. The summed E-state index contributed by atoms with van der Waals surface area (Å²) in [5, 5.41) is 0. The van der Waals surface area contributed by atoms with Crippen LogP contribution in [0.3, 0.4) is 0 Å². The van der Waals surface area contributed by atoms with E-state index in [1.54, 1.807) is 11.3 Å². The van der Waals surface area contributed by atoms with Crippen molar-refractivity contribution < 1.29 is 4.74 Å². The Morgan fingerprint density at radius 1 is 1.69 bits per heavy atom. The summed E-state index contributed by atoms with van der Waals surface area (Å²) >= 11 is 10.9. The second-order valence-corrected chi connectivity index (χ2v) is 6.63. The summed E-state index contributed by atoms with van der Waals surface area (Å²) in [6.45, 7) is 0.913. The van der Waals surface area contributed by atoms with Crippen LogP contribution in [0.4, 0.5) is 0 Å². The van der Waals surface area contributed by atoms with Gasteiger partial charge in [0.25, 0.3) is 0 Å². The molecule has 0 amide bonds. The smallest absolute Gasteiger partial charge is 0.107 e. The Morgan fingerprint density at radius 2 is 2.50 bits per heavy atom. The van der Waals surface area contributed by atoms with Gasteiger partial charge in [0.15, 0.2) is 0 Å². The largest absolute Gasteiger partial charge is 0.378 e. The summed E-state index contributed by atoms with van der Waals surface area (Å²) in [5.74, 6) is 0. The van der Waals surface area contributed by atoms with Crippen LogP contribution in [0.5, 0.6) is 0 Å². The average Bonchev–Trinajstić information content (AvgIpc) is 2.86. The number of thiophene rings is 1. The summed E-state index contributed by atoms with van der Waals surface area (Å²) in [6, 6.07) is 2.10. The Kier molecular flexibility index (Phi) is 4.67.